The number of aliphatic carboxylic acids is 1. The van der Waals surface area contributed by atoms with Crippen molar-refractivity contribution >= 4 is 40.8 Å². The molecule has 1 aliphatic heterocycles. The lowest BCUT2D eigenvalue weighted by molar-refractivity contribution is -0.137. The summed E-state index contributed by atoms with van der Waals surface area (Å²) in [5, 5.41) is 12.9. The number of benzene rings is 5. The molecule has 0 saturated heterocycles. The second kappa shape index (κ2) is 16.8. The summed E-state index contributed by atoms with van der Waals surface area (Å²) in [6, 6.07) is 54.9. The Bertz CT molecular complexity index is 1840. The number of rotatable bonds is 14. The molecule has 0 radical (unpaired) electrons. The average Bonchev–Trinajstić information content (AvgIpc) is 3.47. The lowest BCUT2D eigenvalue weighted by atomic mass is 9.89. The van der Waals surface area contributed by atoms with Crippen molar-refractivity contribution in [1.29, 1.82) is 0 Å². The van der Waals surface area contributed by atoms with Crippen LogP contribution in [0.2, 0.25) is 0 Å². The Kier molecular flexibility index (Phi) is 11.5. The summed E-state index contributed by atoms with van der Waals surface area (Å²) >= 11 is 0. The van der Waals surface area contributed by atoms with Crippen LogP contribution in [0.15, 0.2) is 152 Å². The van der Waals surface area contributed by atoms with Crippen LogP contribution in [0, 0.1) is 11.5 Å². The minimum absolute atomic E-state index is 0.277. The number of unbranched alkanes of at least 4 members (excludes halogenated alkanes) is 7. The van der Waals surface area contributed by atoms with Crippen molar-refractivity contribution in [3.05, 3.63) is 174 Å². The summed E-state index contributed by atoms with van der Waals surface area (Å²) in [5.41, 5.74) is 11.6. The molecule has 5 aromatic carbocycles. The number of carboxylic acids is 1. The van der Waals surface area contributed by atoms with Gasteiger partial charge < -0.3 is 5.11 Å². The van der Waals surface area contributed by atoms with Gasteiger partial charge in [0.2, 0.25) is 8.07 Å². The average molecular weight is 657 g/mol. The topological polar surface area (TPSA) is 37.3 Å². The minimum atomic E-state index is -2.99. The van der Waals surface area contributed by atoms with Crippen LogP contribution in [-0.2, 0) is 4.79 Å². The Morgan fingerprint density at radius 3 is 1.27 bits per heavy atom. The Hall–Kier alpha value is -5.17. The van der Waals surface area contributed by atoms with Gasteiger partial charge in [0.25, 0.3) is 0 Å². The van der Waals surface area contributed by atoms with Crippen molar-refractivity contribution in [3.63, 3.8) is 0 Å². The van der Waals surface area contributed by atoms with E-state index in [0.717, 1.165) is 51.4 Å². The summed E-state index contributed by atoms with van der Waals surface area (Å²) in [4.78, 5) is 10.8. The number of carboxylic acid groups (broad SMARTS) is 1. The Morgan fingerprint density at radius 2 is 0.837 bits per heavy atom. The Labute approximate surface area is 292 Å². The summed E-state index contributed by atoms with van der Waals surface area (Å²) in [5.74, 6) is 3.12. The monoisotopic (exact) mass is 656 g/mol. The standard InChI is InChI=1S/C46H44O2Si/c47-42(48)35-23-6-4-2-1-3-5-7-24-36-49(41-33-21-12-22-34-41)45(39-29-17-10-18-30-39)43(37-25-13-8-14-26-37)44(38-27-15-9-16-28-38)46(49)40-31-19-11-20-32-40/h8-22,25-34H,1-7,23,35H2,(H,47,48). The summed E-state index contributed by atoms with van der Waals surface area (Å²) < 4.78 is 0. The van der Waals surface area contributed by atoms with Crippen molar-refractivity contribution in [2.24, 2.45) is 0 Å². The van der Waals surface area contributed by atoms with Crippen LogP contribution in [-0.4, -0.2) is 19.1 Å². The maximum Gasteiger partial charge on any atom is 0.303 e. The molecule has 49 heavy (non-hydrogen) atoms. The summed E-state index contributed by atoms with van der Waals surface area (Å²) in [6.07, 6.45) is 8.52. The first-order valence-corrected chi connectivity index (χ1v) is 19.7. The molecule has 244 valence electrons. The third-order valence-corrected chi connectivity index (χ3v) is 13.8. The molecule has 0 bridgehead atoms. The van der Waals surface area contributed by atoms with Gasteiger partial charge in [0, 0.05) is 12.8 Å². The van der Waals surface area contributed by atoms with Gasteiger partial charge in [-0.15, -0.1) is 11.5 Å². The van der Waals surface area contributed by atoms with Crippen LogP contribution in [0.25, 0.3) is 21.5 Å². The molecule has 0 fully saturated rings. The first kappa shape index (κ1) is 33.7. The molecule has 6 rings (SSSR count). The Balaban J connectivity index is 1.52. The Morgan fingerprint density at radius 1 is 0.469 bits per heavy atom. The minimum Gasteiger partial charge on any atom is -0.481 e. The normalized spacial score (nSPS) is 13.6. The molecule has 0 spiro atoms. The van der Waals surface area contributed by atoms with Crippen LogP contribution in [0.5, 0.6) is 0 Å². The van der Waals surface area contributed by atoms with Crippen LogP contribution in [0.4, 0.5) is 0 Å². The molecular formula is C46H44O2Si. The first-order chi connectivity index (χ1) is 24.2. The summed E-state index contributed by atoms with van der Waals surface area (Å²) in [7, 11) is -2.99. The number of hydrogen-bond donors (Lipinski definition) is 1. The fourth-order valence-electron chi connectivity index (χ4n) is 7.21. The van der Waals surface area contributed by atoms with Crippen molar-refractivity contribution in [2.45, 2.75) is 57.8 Å². The van der Waals surface area contributed by atoms with Gasteiger partial charge in [0.15, 0.2) is 0 Å². The van der Waals surface area contributed by atoms with E-state index in [1.165, 1.54) is 49.0 Å². The zero-order chi connectivity index (χ0) is 33.7. The maximum absolute atomic E-state index is 10.8. The van der Waals surface area contributed by atoms with E-state index in [4.69, 9.17) is 5.11 Å². The van der Waals surface area contributed by atoms with Gasteiger partial charge in [-0.1, -0.05) is 184 Å². The van der Waals surface area contributed by atoms with Crippen molar-refractivity contribution in [3.8, 4) is 11.5 Å². The first-order valence-electron chi connectivity index (χ1n) is 17.7. The number of carbonyl (C=O) groups is 1. The van der Waals surface area contributed by atoms with Crippen LogP contribution in [0.3, 0.4) is 0 Å². The fraction of sp³-hybridized carbons (Fsp3) is 0.196. The van der Waals surface area contributed by atoms with E-state index >= 15 is 0 Å². The van der Waals surface area contributed by atoms with Crippen LogP contribution in [0.1, 0.15) is 80.0 Å². The SMILES string of the molecule is O=C(O)CCCCCCCCCC#C[Si]1(c2ccccc2)C(c2ccccc2)=C(c2ccccc2)C(c2ccccc2)=C1c1ccccc1. The fourth-order valence-corrected chi connectivity index (χ4v) is 12.0. The predicted molar refractivity (Wildman–Crippen MR) is 208 cm³/mol. The quantitative estimate of drug-likeness (QED) is 0.0734. The molecule has 0 saturated carbocycles. The smallest absolute Gasteiger partial charge is 0.303 e. The maximum atomic E-state index is 10.8. The molecule has 3 heteroatoms. The molecule has 2 nitrogen and oxygen atoms in total. The number of allylic oxidation sites excluding steroid dienone is 2. The molecule has 1 heterocycles. The van der Waals surface area contributed by atoms with Gasteiger partial charge in [0.1, 0.15) is 0 Å². The van der Waals surface area contributed by atoms with Crippen LogP contribution < -0.4 is 5.19 Å². The van der Waals surface area contributed by atoms with E-state index in [9.17, 15) is 4.79 Å². The molecule has 0 amide bonds. The second-order valence-electron chi connectivity index (χ2n) is 12.8. The molecule has 0 aromatic heterocycles. The zero-order valence-corrected chi connectivity index (χ0v) is 29.2. The molecule has 0 unspecified atom stereocenters. The highest BCUT2D eigenvalue weighted by Crippen LogP contribution is 2.55. The summed E-state index contributed by atoms with van der Waals surface area (Å²) in [6.45, 7) is 0. The highest BCUT2D eigenvalue weighted by atomic mass is 28.3. The third kappa shape index (κ3) is 7.77. The molecule has 0 atom stereocenters. The van der Waals surface area contributed by atoms with Crippen LogP contribution >= 0.6 is 0 Å². The van der Waals surface area contributed by atoms with E-state index in [1.807, 2.05) is 0 Å². The van der Waals surface area contributed by atoms with Gasteiger partial charge in [-0.25, -0.2) is 0 Å². The predicted octanol–water partition coefficient (Wildman–Crippen LogP) is 10.8. The number of hydrogen-bond acceptors (Lipinski definition) is 1. The highest BCUT2D eigenvalue weighted by molar-refractivity contribution is 7.26. The largest absolute Gasteiger partial charge is 0.481 e. The van der Waals surface area contributed by atoms with Crippen molar-refractivity contribution in [2.75, 3.05) is 0 Å². The lowest BCUT2D eigenvalue weighted by Gasteiger charge is -2.30. The highest BCUT2D eigenvalue weighted by Gasteiger charge is 2.51. The van der Waals surface area contributed by atoms with Gasteiger partial charge in [0.05, 0.1) is 0 Å². The van der Waals surface area contributed by atoms with E-state index in [2.05, 4.69) is 163 Å². The van der Waals surface area contributed by atoms with E-state index in [1.54, 1.807) is 0 Å². The van der Waals surface area contributed by atoms with E-state index in [-0.39, 0.29) is 6.42 Å². The van der Waals surface area contributed by atoms with E-state index in [0.29, 0.717) is 0 Å². The van der Waals surface area contributed by atoms with Crippen molar-refractivity contribution in [1.82, 2.24) is 0 Å². The zero-order valence-electron chi connectivity index (χ0n) is 28.2. The molecule has 5 aromatic rings. The van der Waals surface area contributed by atoms with Gasteiger partial charge in [-0.3, -0.25) is 4.79 Å². The molecule has 1 N–H and O–H groups in total. The van der Waals surface area contributed by atoms with E-state index < -0.39 is 14.0 Å². The molecule has 1 aliphatic rings. The molecular weight excluding hydrogens is 613 g/mol. The molecule has 0 aliphatic carbocycles. The third-order valence-electron chi connectivity index (χ3n) is 9.42. The van der Waals surface area contributed by atoms with Gasteiger partial charge in [-0.05, 0) is 61.8 Å². The van der Waals surface area contributed by atoms with Gasteiger partial charge in [-0.2, -0.15) is 0 Å². The van der Waals surface area contributed by atoms with Gasteiger partial charge >= 0.3 is 5.97 Å². The van der Waals surface area contributed by atoms with Crippen molar-refractivity contribution < 1.29 is 9.90 Å². The second-order valence-corrected chi connectivity index (χ2v) is 16.1. The lowest BCUT2D eigenvalue weighted by Crippen LogP contribution is -2.49.